The third-order valence-electron chi connectivity index (χ3n) is 7.49. The van der Waals surface area contributed by atoms with Gasteiger partial charge in [-0.1, -0.05) is 30.3 Å². The van der Waals surface area contributed by atoms with Crippen molar-refractivity contribution >= 4 is 5.91 Å². The van der Waals surface area contributed by atoms with E-state index in [4.69, 9.17) is 14.2 Å². The van der Waals surface area contributed by atoms with Crippen LogP contribution in [0.2, 0.25) is 0 Å². The Morgan fingerprint density at radius 1 is 0.944 bits per heavy atom. The number of aliphatic hydroxyl groups excluding tert-OH is 1. The van der Waals surface area contributed by atoms with Crippen LogP contribution in [-0.4, -0.2) is 78.0 Å². The lowest BCUT2D eigenvalue weighted by molar-refractivity contribution is -0.161. The molecular formula is C29H38N2O5. The van der Waals surface area contributed by atoms with Gasteiger partial charge in [0.15, 0.2) is 0 Å². The first-order chi connectivity index (χ1) is 17.6. The molecule has 7 nitrogen and oxygen atoms in total. The van der Waals surface area contributed by atoms with Gasteiger partial charge < -0.3 is 24.2 Å². The van der Waals surface area contributed by atoms with Crippen molar-refractivity contribution in [3.63, 3.8) is 0 Å². The number of benzene rings is 2. The molecule has 3 fully saturated rings. The number of hydrogen-bond acceptors (Lipinski definition) is 6. The SMILES string of the molecule is O=C(C[C@@H]1CC[C@H]2[C@@H](COC[C@H](O)CN2Cc2ccc(Oc3ccccc3)cc2)O1)N1CCCCC1. The molecule has 4 atom stereocenters. The first kappa shape index (κ1) is 25.2. The number of para-hydroxylation sites is 1. The predicted molar refractivity (Wildman–Crippen MR) is 137 cm³/mol. The van der Waals surface area contributed by atoms with E-state index in [0.717, 1.165) is 55.8 Å². The van der Waals surface area contributed by atoms with E-state index in [1.54, 1.807) is 0 Å². The van der Waals surface area contributed by atoms with Gasteiger partial charge >= 0.3 is 0 Å². The highest BCUT2D eigenvalue weighted by atomic mass is 16.5. The highest BCUT2D eigenvalue weighted by Gasteiger charge is 2.38. The van der Waals surface area contributed by atoms with Crippen LogP contribution in [0.25, 0.3) is 0 Å². The van der Waals surface area contributed by atoms with Crippen molar-refractivity contribution in [3.8, 4) is 11.5 Å². The molecule has 0 spiro atoms. The van der Waals surface area contributed by atoms with Gasteiger partial charge in [-0.3, -0.25) is 9.69 Å². The first-order valence-corrected chi connectivity index (χ1v) is 13.4. The number of rotatable bonds is 6. The Morgan fingerprint density at radius 2 is 1.69 bits per heavy atom. The van der Waals surface area contributed by atoms with Gasteiger partial charge in [0.25, 0.3) is 0 Å². The lowest BCUT2D eigenvalue weighted by atomic mass is 9.94. The third kappa shape index (κ3) is 6.65. The number of nitrogens with zero attached hydrogens (tertiary/aromatic N) is 2. The van der Waals surface area contributed by atoms with Crippen molar-refractivity contribution in [3.05, 3.63) is 60.2 Å². The number of β-amino-alcohol motifs (C(OH)–C–C–N with tert-alkyl or cyclic N) is 1. The number of piperidine rings is 1. The largest absolute Gasteiger partial charge is 0.457 e. The molecule has 3 saturated heterocycles. The molecule has 7 heteroatoms. The Kier molecular flexibility index (Phi) is 8.54. The topological polar surface area (TPSA) is 71.5 Å². The van der Waals surface area contributed by atoms with Gasteiger partial charge in [0.05, 0.1) is 37.9 Å². The molecule has 36 heavy (non-hydrogen) atoms. The van der Waals surface area contributed by atoms with E-state index in [0.29, 0.717) is 32.7 Å². The number of carbonyl (C=O) groups is 1. The van der Waals surface area contributed by atoms with E-state index in [1.165, 1.54) is 6.42 Å². The standard InChI is InChI=1S/C29H38N2O5/c32-23-19-31(18-22-9-11-25(12-10-22)35-24-7-3-1-4-8-24)27-14-13-26(36-28(27)21-34-20-23)17-29(33)30-15-5-2-6-16-30/h1,3-4,7-12,23,26-28,32H,2,5-6,13-21H2/t23-,26+,27+,28-/m1/s1. The summed E-state index contributed by atoms with van der Waals surface area (Å²) in [5.41, 5.74) is 1.16. The van der Waals surface area contributed by atoms with Gasteiger partial charge in [-0.15, -0.1) is 0 Å². The van der Waals surface area contributed by atoms with E-state index in [2.05, 4.69) is 17.0 Å². The fourth-order valence-electron chi connectivity index (χ4n) is 5.62. The van der Waals surface area contributed by atoms with Crippen LogP contribution in [0.4, 0.5) is 0 Å². The lowest BCUT2D eigenvalue weighted by Gasteiger charge is -2.44. The minimum absolute atomic E-state index is 0.0649. The zero-order valence-electron chi connectivity index (χ0n) is 21.0. The van der Waals surface area contributed by atoms with E-state index < -0.39 is 6.10 Å². The summed E-state index contributed by atoms with van der Waals surface area (Å²) in [6, 6.07) is 18.0. The molecule has 1 N–H and O–H groups in total. The number of aliphatic hydroxyl groups is 1. The average molecular weight is 495 g/mol. The second kappa shape index (κ2) is 12.2. The van der Waals surface area contributed by atoms with Gasteiger partial charge in [-0.05, 0) is 61.9 Å². The van der Waals surface area contributed by atoms with Crippen LogP contribution in [0, 0.1) is 0 Å². The minimum Gasteiger partial charge on any atom is -0.457 e. The van der Waals surface area contributed by atoms with Gasteiger partial charge in [0.1, 0.15) is 11.5 Å². The molecule has 3 aliphatic heterocycles. The summed E-state index contributed by atoms with van der Waals surface area (Å²) in [7, 11) is 0. The summed E-state index contributed by atoms with van der Waals surface area (Å²) in [6.07, 6.45) is 4.94. The smallest absolute Gasteiger partial charge is 0.225 e. The quantitative estimate of drug-likeness (QED) is 0.655. The molecule has 0 radical (unpaired) electrons. The van der Waals surface area contributed by atoms with Crippen LogP contribution in [0.1, 0.15) is 44.1 Å². The van der Waals surface area contributed by atoms with Crippen molar-refractivity contribution in [2.75, 3.05) is 32.8 Å². The highest BCUT2D eigenvalue weighted by Crippen LogP contribution is 2.30. The maximum Gasteiger partial charge on any atom is 0.225 e. The molecule has 194 valence electrons. The highest BCUT2D eigenvalue weighted by molar-refractivity contribution is 5.76. The fourth-order valence-corrected chi connectivity index (χ4v) is 5.62. The summed E-state index contributed by atoms with van der Waals surface area (Å²) in [5.74, 6) is 1.83. The van der Waals surface area contributed by atoms with Gasteiger partial charge in [-0.25, -0.2) is 0 Å². The molecule has 1 amide bonds. The van der Waals surface area contributed by atoms with Crippen molar-refractivity contribution < 1.29 is 24.1 Å². The van der Waals surface area contributed by atoms with E-state index >= 15 is 0 Å². The molecule has 3 aliphatic rings. The number of amides is 1. The Hall–Kier alpha value is -2.45. The van der Waals surface area contributed by atoms with Gasteiger partial charge in [0, 0.05) is 32.2 Å². The van der Waals surface area contributed by atoms with E-state index in [1.807, 2.05) is 47.4 Å². The Balaban J connectivity index is 1.21. The lowest BCUT2D eigenvalue weighted by Crippen LogP contribution is -2.55. The number of hydrogen-bond donors (Lipinski definition) is 1. The molecule has 0 unspecified atom stereocenters. The van der Waals surface area contributed by atoms with Gasteiger partial charge in [0.2, 0.25) is 5.91 Å². The van der Waals surface area contributed by atoms with Crippen LogP contribution >= 0.6 is 0 Å². The Labute approximate surface area is 213 Å². The summed E-state index contributed by atoms with van der Waals surface area (Å²) in [4.78, 5) is 17.1. The van der Waals surface area contributed by atoms with Crippen molar-refractivity contribution in [2.24, 2.45) is 0 Å². The zero-order chi connectivity index (χ0) is 24.7. The minimum atomic E-state index is -0.537. The van der Waals surface area contributed by atoms with Crippen molar-refractivity contribution in [1.82, 2.24) is 9.80 Å². The second-order valence-electron chi connectivity index (χ2n) is 10.3. The van der Waals surface area contributed by atoms with E-state index in [-0.39, 0.29) is 24.2 Å². The van der Waals surface area contributed by atoms with Crippen molar-refractivity contribution in [1.29, 1.82) is 0 Å². The molecule has 0 saturated carbocycles. The molecule has 2 aromatic carbocycles. The normalized spacial score (nSPS) is 27.5. The molecule has 0 aliphatic carbocycles. The molecule has 3 heterocycles. The summed E-state index contributed by atoms with van der Waals surface area (Å²) in [6.45, 7) is 3.73. The third-order valence-corrected chi connectivity index (χ3v) is 7.49. The average Bonchev–Trinajstić information content (AvgIpc) is 2.90. The number of fused-ring (bicyclic) bond motifs is 1. The molecule has 0 bridgehead atoms. The number of carbonyl (C=O) groups excluding carboxylic acids is 1. The summed E-state index contributed by atoms with van der Waals surface area (Å²) < 4.78 is 18.2. The number of likely N-dealkylation sites (tertiary alicyclic amines) is 1. The fraction of sp³-hybridized carbons (Fsp3) is 0.552. The molecule has 0 aromatic heterocycles. The number of ether oxygens (including phenoxy) is 3. The van der Waals surface area contributed by atoms with Gasteiger partial charge in [-0.2, -0.15) is 0 Å². The Morgan fingerprint density at radius 3 is 2.47 bits per heavy atom. The van der Waals surface area contributed by atoms with Crippen LogP contribution in [-0.2, 0) is 20.8 Å². The zero-order valence-corrected chi connectivity index (χ0v) is 21.0. The first-order valence-electron chi connectivity index (χ1n) is 13.4. The van der Waals surface area contributed by atoms with E-state index in [9.17, 15) is 9.90 Å². The summed E-state index contributed by atoms with van der Waals surface area (Å²) >= 11 is 0. The van der Waals surface area contributed by atoms with Crippen molar-refractivity contribution in [2.45, 2.75) is 69.4 Å². The summed E-state index contributed by atoms with van der Waals surface area (Å²) in [5, 5.41) is 10.5. The maximum absolute atomic E-state index is 12.8. The molecule has 2 aromatic rings. The van der Waals surface area contributed by atoms with Crippen LogP contribution in [0.5, 0.6) is 11.5 Å². The van der Waals surface area contributed by atoms with Crippen LogP contribution in [0.15, 0.2) is 54.6 Å². The molecule has 5 rings (SSSR count). The van der Waals surface area contributed by atoms with Crippen LogP contribution < -0.4 is 4.74 Å². The monoisotopic (exact) mass is 494 g/mol. The maximum atomic E-state index is 12.8. The van der Waals surface area contributed by atoms with Crippen LogP contribution in [0.3, 0.4) is 0 Å². The molecular weight excluding hydrogens is 456 g/mol. The second-order valence-corrected chi connectivity index (χ2v) is 10.3. The Bertz CT molecular complexity index is 963. The predicted octanol–water partition coefficient (Wildman–Crippen LogP) is 3.99.